The fourth-order valence-corrected chi connectivity index (χ4v) is 2.59. The fourth-order valence-electron chi connectivity index (χ4n) is 2.59. The molecule has 1 aromatic rings. The van der Waals surface area contributed by atoms with Gasteiger partial charge in [0.2, 0.25) is 0 Å². The van der Waals surface area contributed by atoms with Crippen molar-refractivity contribution in [3.05, 3.63) is 23.8 Å². The summed E-state index contributed by atoms with van der Waals surface area (Å²) in [4.78, 5) is 2.30. The highest BCUT2D eigenvalue weighted by molar-refractivity contribution is 5.44. The Morgan fingerprint density at radius 3 is 2.65 bits per heavy atom. The number of ether oxygens (including phenoxy) is 2. The van der Waals surface area contributed by atoms with Gasteiger partial charge in [-0.2, -0.15) is 0 Å². The van der Waals surface area contributed by atoms with E-state index in [-0.39, 0.29) is 12.6 Å². The topological polar surface area (TPSA) is 54.0 Å². The van der Waals surface area contributed by atoms with Gasteiger partial charge in [0.25, 0.3) is 0 Å². The molecule has 0 spiro atoms. The number of rotatable bonds is 6. The molecule has 0 saturated carbocycles. The molecule has 1 saturated heterocycles. The Hall–Kier alpha value is -1.30. The third kappa shape index (κ3) is 3.42. The lowest BCUT2D eigenvalue weighted by atomic mass is 10.0. The van der Waals surface area contributed by atoms with Crippen LogP contribution in [0.3, 0.4) is 0 Å². The van der Waals surface area contributed by atoms with Crippen molar-refractivity contribution >= 4 is 0 Å². The van der Waals surface area contributed by atoms with Gasteiger partial charge in [-0.1, -0.05) is 6.07 Å². The number of nitrogens with zero attached hydrogens (tertiary/aromatic N) is 1. The van der Waals surface area contributed by atoms with Crippen LogP contribution in [0.15, 0.2) is 18.2 Å². The molecule has 1 unspecified atom stereocenters. The van der Waals surface area contributed by atoms with Gasteiger partial charge < -0.3 is 19.9 Å². The molecule has 2 rings (SSSR count). The van der Waals surface area contributed by atoms with Crippen LogP contribution in [0.1, 0.15) is 18.5 Å². The molecule has 1 fully saturated rings. The lowest BCUT2D eigenvalue weighted by Crippen LogP contribution is -2.46. The second kappa shape index (κ2) is 7.47. The maximum absolute atomic E-state index is 9.73. The third-order valence-corrected chi connectivity index (χ3v) is 3.64. The lowest BCUT2D eigenvalue weighted by Gasteiger charge is -2.34. The highest BCUT2D eigenvalue weighted by Crippen LogP contribution is 2.32. The maximum atomic E-state index is 9.73. The van der Waals surface area contributed by atoms with Crippen LogP contribution in [0.2, 0.25) is 0 Å². The zero-order valence-electron chi connectivity index (χ0n) is 12.3. The minimum atomic E-state index is 0.0154. The Labute approximate surface area is 120 Å². The zero-order chi connectivity index (χ0) is 14.4. The quantitative estimate of drug-likeness (QED) is 0.815. The molecule has 1 atom stereocenters. The van der Waals surface area contributed by atoms with Gasteiger partial charge >= 0.3 is 0 Å². The Morgan fingerprint density at radius 2 is 2.05 bits per heavy atom. The van der Waals surface area contributed by atoms with E-state index in [1.165, 1.54) is 0 Å². The van der Waals surface area contributed by atoms with Gasteiger partial charge in [0.05, 0.1) is 26.4 Å². The van der Waals surface area contributed by atoms with Crippen LogP contribution in [0.5, 0.6) is 11.5 Å². The molecule has 1 aliphatic heterocycles. The molecular weight excluding hydrogens is 256 g/mol. The van der Waals surface area contributed by atoms with E-state index >= 15 is 0 Å². The van der Waals surface area contributed by atoms with Crippen LogP contribution < -0.4 is 14.8 Å². The molecule has 0 aromatic heterocycles. The zero-order valence-corrected chi connectivity index (χ0v) is 12.3. The van der Waals surface area contributed by atoms with Crippen molar-refractivity contribution in [3.63, 3.8) is 0 Å². The fraction of sp³-hybridized carbons (Fsp3) is 0.600. The molecule has 5 heteroatoms. The van der Waals surface area contributed by atoms with Gasteiger partial charge in [0.15, 0.2) is 11.5 Å². The maximum Gasteiger partial charge on any atom is 0.161 e. The molecule has 2 N–H and O–H groups in total. The number of methoxy groups -OCH3 is 1. The Morgan fingerprint density at radius 1 is 1.30 bits per heavy atom. The molecule has 112 valence electrons. The summed E-state index contributed by atoms with van der Waals surface area (Å²) in [6.45, 7) is 6.48. The normalized spacial score (nSPS) is 17.8. The van der Waals surface area contributed by atoms with Crippen LogP contribution in [0.25, 0.3) is 0 Å². The highest BCUT2D eigenvalue weighted by Gasteiger charge is 2.22. The lowest BCUT2D eigenvalue weighted by molar-refractivity contribution is 0.110. The number of nitrogens with one attached hydrogen (secondary N) is 1. The second-order valence-corrected chi connectivity index (χ2v) is 4.83. The summed E-state index contributed by atoms with van der Waals surface area (Å²) >= 11 is 0. The van der Waals surface area contributed by atoms with Crippen molar-refractivity contribution in [1.29, 1.82) is 0 Å². The van der Waals surface area contributed by atoms with Gasteiger partial charge in [0.1, 0.15) is 0 Å². The third-order valence-electron chi connectivity index (χ3n) is 3.64. The number of benzene rings is 1. The minimum Gasteiger partial charge on any atom is -0.493 e. The van der Waals surface area contributed by atoms with Crippen molar-refractivity contribution in [1.82, 2.24) is 10.2 Å². The van der Waals surface area contributed by atoms with Crippen molar-refractivity contribution in [3.8, 4) is 11.5 Å². The summed E-state index contributed by atoms with van der Waals surface area (Å²) in [5.41, 5.74) is 1.06. The van der Waals surface area contributed by atoms with Crippen LogP contribution in [-0.4, -0.2) is 56.5 Å². The first-order valence-electron chi connectivity index (χ1n) is 7.16. The average Bonchev–Trinajstić information content (AvgIpc) is 2.50. The van der Waals surface area contributed by atoms with Gasteiger partial charge in [-0.3, -0.25) is 4.90 Å². The van der Waals surface area contributed by atoms with Crippen molar-refractivity contribution in [2.24, 2.45) is 0 Å². The van der Waals surface area contributed by atoms with Crippen LogP contribution in [0.4, 0.5) is 0 Å². The molecule has 1 aliphatic rings. The van der Waals surface area contributed by atoms with Gasteiger partial charge in [0, 0.05) is 26.2 Å². The number of aliphatic hydroxyl groups excluding tert-OH is 1. The van der Waals surface area contributed by atoms with E-state index < -0.39 is 0 Å². The first-order chi connectivity index (χ1) is 9.80. The Kier molecular flexibility index (Phi) is 5.64. The summed E-state index contributed by atoms with van der Waals surface area (Å²) in [6.07, 6.45) is 0. The first-order valence-corrected chi connectivity index (χ1v) is 7.16. The molecule has 0 amide bonds. The molecule has 1 aromatic carbocycles. The molecule has 0 bridgehead atoms. The first kappa shape index (κ1) is 15.1. The summed E-state index contributed by atoms with van der Waals surface area (Å²) in [6, 6.07) is 5.91. The smallest absolute Gasteiger partial charge is 0.161 e. The van der Waals surface area contributed by atoms with E-state index in [4.69, 9.17) is 9.47 Å². The Balaban J connectivity index is 2.20. The number of piperazine rings is 1. The predicted molar refractivity (Wildman–Crippen MR) is 78.4 cm³/mol. The predicted octanol–water partition coefficient (Wildman–Crippen LogP) is 1.03. The van der Waals surface area contributed by atoms with Crippen LogP contribution >= 0.6 is 0 Å². The Bertz CT molecular complexity index is 420. The second-order valence-electron chi connectivity index (χ2n) is 4.83. The van der Waals surface area contributed by atoms with E-state index in [0.717, 1.165) is 43.2 Å². The van der Waals surface area contributed by atoms with Crippen LogP contribution in [0, 0.1) is 0 Å². The van der Waals surface area contributed by atoms with Gasteiger partial charge in [-0.05, 0) is 24.6 Å². The SMILES string of the molecule is CCOc1ccc(C(CO)N2CCNCC2)cc1OC. The summed E-state index contributed by atoms with van der Waals surface area (Å²) in [7, 11) is 1.64. The minimum absolute atomic E-state index is 0.0154. The van der Waals surface area contributed by atoms with E-state index in [9.17, 15) is 5.11 Å². The number of aliphatic hydroxyl groups is 1. The number of hydrogen-bond donors (Lipinski definition) is 2. The van der Waals surface area contributed by atoms with E-state index in [1.807, 2.05) is 25.1 Å². The van der Waals surface area contributed by atoms with E-state index in [2.05, 4.69) is 10.2 Å². The van der Waals surface area contributed by atoms with E-state index in [1.54, 1.807) is 7.11 Å². The standard InChI is InChI=1S/C15H24N2O3/c1-3-20-14-5-4-12(10-15(14)19-2)13(11-18)17-8-6-16-7-9-17/h4-5,10,13,16,18H,3,6-9,11H2,1-2H3. The molecule has 1 heterocycles. The van der Waals surface area contributed by atoms with Crippen LogP contribution in [-0.2, 0) is 0 Å². The monoisotopic (exact) mass is 280 g/mol. The summed E-state index contributed by atoms with van der Waals surface area (Å²) in [5, 5.41) is 13.1. The van der Waals surface area contributed by atoms with Gasteiger partial charge in [-0.15, -0.1) is 0 Å². The molecular formula is C15H24N2O3. The van der Waals surface area contributed by atoms with Crippen molar-refractivity contribution in [2.45, 2.75) is 13.0 Å². The number of hydrogen-bond acceptors (Lipinski definition) is 5. The summed E-state index contributed by atoms with van der Waals surface area (Å²) in [5.74, 6) is 1.47. The van der Waals surface area contributed by atoms with Crippen molar-refractivity contribution in [2.75, 3.05) is 46.5 Å². The average molecular weight is 280 g/mol. The molecule has 0 aliphatic carbocycles. The molecule has 0 radical (unpaired) electrons. The molecule has 20 heavy (non-hydrogen) atoms. The largest absolute Gasteiger partial charge is 0.493 e. The molecule has 5 nitrogen and oxygen atoms in total. The highest BCUT2D eigenvalue weighted by atomic mass is 16.5. The van der Waals surface area contributed by atoms with Gasteiger partial charge in [-0.25, -0.2) is 0 Å². The van der Waals surface area contributed by atoms with Crippen molar-refractivity contribution < 1.29 is 14.6 Å². The summed E-state index contributed by atoms with van der Waals surface area (Å²) < 4.78 is 10.9. The van der Waals surface area contributed by atoms with E-state index in [0.29, 0.717) is 6.61 Å².